The van der Waals surface area contributed by atoms with Gasteiger partial charge in [-0.1, -0.05) is 0 Å². The number of aliphatic hydroxyl groups is 1. The van der Waals surface area contributed by atoms with Gasteiger partial charge in [0.15, 0.2) is 11.5 Å². The molecule has 0 fully saturated rings. The molecule has 2 N–H and O–H groups in total. The van der Waals surface area contributed by atoms with E-state index < -0.39 is 0 Å². The van der Waals surface area contributed by atoms with Crippen molar-refractivity contribution in [3.8, 4) is 11.5 Å². The van der Waals surface area contributed by atoms with Gasteiger partial charge in [0.2, 0.25) is 0 Å². The first-order valence-corrected chi connectivity index (χ1v) is 6.90. The van der Waals surface area contributed by atoms with Crippen LogP contribution in [0.25, 0.3) is 10.8 Å². The fraction of sp³-hybridized carbons (Fsp3) is 0.438. The van der Waals surface area contributed by atoms with E-state index in [-0.39, 0.29) is 12.1 Å². The summed E-state index contributed by atoms with van der Waals surface area (Å²) in [7, 11) is 3.23. The van der Waals surface area contributed by atoms with Crippen LogP contribution < -0.4 is 14.8 Å². The smallest absolute Gasteiger partial charge is 0.161 e. The van der Waals surface area contributed by atoms with Gasteiger partial charge in [0.05, 0.1) is 14.2 Å². The van der Waals surface area contributed by atoms with Gasteiger partial charge in [0.25, 0.3) is 0 Å². The van der Waals surface area contributed by atoms with Gasteiger partial charge < -0.3 is 19.9 Å². The zero-order valence-corrected chi connectivity index (χ0v) is 12.9. The molecule has 2 aromatic rings. The molecule has 0 saturated carbocycles. The van der Waals surface area contributed by atoms with Gasteiger partial charge in [0.1, 0.15) is 5.82 Å². The van der Waals surface area contributed by atoms with Crippen LogP contribution in [0.3, 0.4) is 0 Å². The van der Waals surface area contributed by atoms with Crippen LogP contribution in [0.4, 0.5) is 5.82 Å². The van der Waals surface area contributed by atoms with Crippen LogP contribution in [0.1, 0.15) is 20.3 Å². The molecule has 0 radical (unpaired) electrons. The van der Waals surface area contributed by atoms with Gasteiger partial charge in [0, 0.05) is 23.7 Å². The van der Waals surface area contributed by atoms with Crippen molar-refractivity contribution in [1.82, 2.24) is 4.98 Å². The second kappa shape index (κ2) is 6.18. The number of rotatable bonds is 6. The number of ether oxygens (including phenoxy) is 2. The van der Waals surface area contributed by atoms with Crippen LogP contribution in [0.2, 0.25) is 0 Å². The SMILES string of the molecule is COc1cc2ccnc(NC(C)(C)CCO)c2cc1OC. The zero-order chi connectivity index (χ0) is 15.5. The van der Waals surface area contributed by atoms with Crippen molar-refractivity contribution in [1.29, 1.82) is 0 Å². The molecule has 2 rings (SSSR count). The fourth-order valence-electron chi connectivity index (χ4n) is 2.26. The topological polar surface area (TPSA) is 63.6 Å². The van der Waals surface area contributed by atoms with E-state index in [1.165, 1.54) is 0 Å². The lowest BCUT2D eigenvalue weighted by Gasteiger charge is -2.26. The Labute approximate surface area is 124 Å². The third kappa shape index (κ3) is 3.36. The average molecular weight is 290 g/mol. The van der Waals surface area contributed by atoms with Gasteiger partial charge in [-0.3, -0.25) is 0 Å². The van der Waals surface area contributed by atoms with Crippen molar-refractivity contribution in [2.24, 2.45) is 0 Å². The second-order valence-electron chi connectivity index (χ2n) is 5.57. The molecule has 1 aromatic heterocycles. The quantitative estimate of drug-likeness (QED) is 0.856. The average Bonchev–Trinajstić information content (AvgIpc) is 2.45. The predicted octanol–water partition coefficient (Wildman–Crippen LogP) is 2.82. The number of hydrogen-bond acceptors (Lipinski definition) is 5. The number of anilines is 1. The van der Waals surface area contributed by atoms with Gasteiger partial charge in [-0.25, -0.2) is 4.98 Å². The van der Waals surface area contributed by atoms with Crippen molar-refractivity contribution in [3.63, 3.8) is 0 Å². The first kappa shape index (κ1) is 15.4. The first-order chi connectivity index (χ1) is 10.0. The van der Waals surface area contributed by atoms with Gasteiger partial charge in [-0.15, -0.1) is 0 Å². The van der Waals surface area contributed by atoms with E-state index in [1.807, 2.05) is 32.0 Å². The predicted molar refractivity (Wildman–Crippen MR) is 84.3 cm³/mol. The van der Waals surface area contributed by atoms with Crippen LogP contribution >= 0.6 is 0 Å². The minimum atomic E-state index is -0.247. The summed E-state index contributed by atoms with van der Waals surface area (Å²) in [6.07, 6.45) is 2.39. The molecule has 1 heterocycles. The minimum Gasteiger partial charge on any atom is -0.493 e. The van der Waals surface area contributed by atoms with Crippen molar-refractivity contribution in [3.05, 3.63) is 24.4 Å². The summed E-state index contributed by atoms with van der Waals surface area (Å²) in [4.78, 5) is 4.42. The number of hydrogen-bond donors (Lipinski definition) is 2. The second-order valence-corrected chi connectivity index (χ2v) is 5.57. The lowest BCUT2D eigenvalue weighted by atomic mass is 10.0. The Hall–Kier alpha value is -2.01. The van der Waals surface area contributed by atoms with Crippen LogP contribution in [0.15, 0.2) is 24.4 Å². The van der Waals surface area contributed by atoms with Crippen molar-refractivity contribution in [2.75, 3.05) is 26.1 Å². The van der Waals surface area contributed by atoms with Crippen molar-refractivity contribution >= 4 is 16.6 Å². The standard InChI is InChI=1S/C16H22N2O3/c1-16(2,6-8-19)18-15-12-10-14(21-4)13(20-3)9-11(12)5-7-17-15/h5,7,9-10,19H,6,8H2,1-4H3,(H,17,18). The molecule has 0 unspecified atom stereocenters. The highest BCUT2D eigenvalue weighted by atomic mass is 16.5. The summed E-state index contributed by atoms with van der Waals surface area (Å²) >= 11 is 0. The summed E-state index contributed by atoms with van der Waals surface area (Å²) < 4.78 is 10.7. The Morgan fingerprint density at radius 3 is 2.48 bits per heavy atom. The molecule has 1 aromatic carbocycles. The van der Waals surface area contributed by atoms with Crippen LogP contribution in [-0.4, -0.2) is 36.5 Å². The molecular weight excluding hydrogens is 268 g/mol. The van der Waals surface area contributed by atoms with E-state index in [4.69, 9.17) is 14.6 Å². The largest absolute Gasteiger partial charge is 0.493 e. The van der Waals surface area contributed by atoms with E-state index in [0.717, 1.165) is 16.6 Å². The Kier molecular flexibility index (Phi) is 4.53. The maximum atomic E-state index is 9.15. The lowest BCUT2D eigenvalue weighted by molar-refractivity contribution is 0.260. The number of benzene rings is 1. The van der Waals surface area contributed by atoms with E-state index in [0.29, 0.717) is 17.9 Å². The van der Waals surface area contributed by atoms with Gasteiger partial charge in [-0.2, -0.15) is 0 Å². The van der Waals surface area contributed by atoms with Crippen LogP contribution in [0, 0.1) is 0 Å². The molecule has 0 amide bonds. The summed E-state index contributed by atoms with van der Waals surface area (Å²) in [6, 6.07) is 5.78. The highest BCUT2D eigenvalue weighted by Crippen LogP contribution is 2.35. The number of nitrogens with zero attached hydrogens (tertiary/aromatic N) is 1. The summed E-state index contributed by atoms with van der Waals surface area (Å²) in [5, 5.41) is 14.5. The van der Waals surface area contributed by atoms with E-state index >= 15 is 0 Å². The van der Waals surface area contributed by atoms with Gasteiger partial charge in [-0.05, 0) is 43.9 Å². The Bertz CT molecular complexity index is 626. The lowest BCUT2D eigenvalue weighted by Crippen LogP contribution is -2.32. The first-order valence-electron chi connectivity index (χ1n) is 6.90. The molecule has 0 aliphatic rings. The molecule has 0 aliphatic carbocycles. The molecule has 114 valence electrons. The Morgan fingerprint density at radius 2 is 1.86 bits per heavy atom. The zero-order valence-electron chi connectivity index (χ0n) is 12.9. The normalized spacial score (nSPS) is 11.5. The number of aromatic nitrogens is 1. The number of methoxy groups -OCH3 is 2. The van der Waals surface area contributed by atoms with Crippen molar-refractivity contribution < 1.29 is 14.6 Å². The number of aliphatic hydroxyl groups excluding tert-OH is 1. The highest BCUT2D eigenvalue weighted by Gasteiger charge is 2.19. The minimum absolute atomic E-state index is 0.127. The Balaban J connectivity index is 2.50. The number of pyridine rings is 1. The molecule has 21 heavy (non-hydrogen) atoms. The molecule has 0 spiro atoms. The summed E-state index contributed by atoms with van der Waals surface area (Å²) in [5.41, 5.74) is -0.247. The number of nitrogens with one attached hydrogen (secondary N) is 1. The molecule has 0 bridgehead atoms. The number of fused-ring (bicyclic) bond motifs is 1. The maximum absolute atomic E-state index is 9.15. The third-order valence-corrected chi connectivity index (χ3v) is 3.46. The fourth-order valence-corrected chi connectivity index (χ4v) is 2.26. The monoisotopic (exact) mass is 290 g/mol. The highest BCUT2D eigenvalue weighted by molar-refractivity contribution is 5.94. The van der Waals surface area contributed by atoms with E-state index in [9.17, 15) is 0 Å². The molecule has 5 heteroatoms. The Morgan fingerprint density at radius 1 is 1.19 bits per heavy atom. The van der Waals surface area contributed by atoms with Crippen LogP contribution in [0.5, 0.6) is 11.5 Å². The van der Waals surface area contributed by atoms with E-state index in [2.05, 4.69) is 10.3 Å². The van der Waals surface area contributed by atoms with E-state index in [1.54, 1.807) is 20.4 Å². The van der Waals surface area contributed by atoms with Crippen molar-refractivity contribution in [2.45, 2.75) is 25.8 Å². The molecule has 0 atom stereocenters. The van der Waals surface area contributed by atoms with Crippen LogP contribution in [-0.2, 0) is 0 Å². The third-order valence-electron chi connectivity index (χ3n) is 3.46. The summed E-state index contributed by atoms with van der Waals surface area (Å²) in [5.74, 6) is 2.13. The molecular formula is C16H22N2O3. The molecule has 0 saturated heterocycles. The summed E-state index contributed by atoms with van der Waals surface area (Å²) in [6.45, 7) is 4.19. The van der Waals surface area contributed by atoms with Gasteiger partial charge >= 0.3 is 0 Å². The molecule has 5 nitrogen and oxygen atoms in total. The molecule has 0 aliphatic heterocycles. The maximum Gasteiger partial charge on any atom is 0.161 e.